The molecule has 0 heterocycles. The number of carbonyl (C=O) groups is 1. The van der Waals surface area contributed by atoms with Crippen molar-refractivity contribution < 1.29 is 23.1 Å². The van der Waals surface area contributed by atoms with Crippen LogP contribution in [0.3, 0.4) is 0 Å². The fourth-order valence-electron chi connectivity index (χ4n) is 0.798. The van der Waals surface area contributed by atoms with Gasteiger partial charge < -0.3 is 10.4 Å². The van der Waals surface area contributed by atoms with Gasteiger partial charge in [0, 0.05) is 13.0 Å². The summed E-state index contributed by atoms with van der Waals surface area (Å²) in [4.78, 5) is 10.9. The Hall–Kier alpha value is -0.780. The van der Waals surface area contributed by atoms with Crippen LogP contribution in [0.25, 0.3) is 0 Å². The van der Waals surface area contributed by atoms with E-state index < -0.39 is 31.0 Å². The van der Waals surface area contributed by atoms with E-state index >= 15 is 0 Å². The molecule has 0 spiro atoms. The van der Waals surface area contributed by atoms with Gasteiger partial charge in [0.05, 0.1) is 12.5 Å². The van der Waals surface area contributed by atoms with Crippen molar-refractivity contribution in [3.05, 3.63) is 0 Å². The standard InChI is InChI=1S/C9H16F3NO2/c1-6(2)7(14)5-13-8(15)3-4-9(10,11)12/h6-7,14H,3-5H2,1-2H3,(H,13,15)/t7-/m1/s1. The lowest BCUT2D eigenvalue weighted by atomic mass is 10.1. The number of aliphatic hydroxyl groups is 1. The molecular formula is C9H16F3NO2. The molecule has 0 saturated heterocycles. The van der Waals surface area contributed by atoms with Crippen LogP contribution in [-0.4, -0.2) is 29.8 Å². The number of hydrogen-bond donors (Lipinski definition) is 2. The number of halogens is 3. The van der Waals surface area contributed by atoms with E-state index in [0.717, 1.165) is 0 Å². The average molecular weight is 227 g/mol. The maximum atomic E-state index is 11.7. The Labute approximate surface area is 86.7 Å². The van der Waals surface area contributed by atoms with Crippen LogP contribution in [0.2, 0.25) is 0 Å². The lowest BCUT2D eigenvalue weighted by Crippen LogP contribution is -2.35. The van der Waals surface area contributed by atoms with Crippen LogP contribution in [0, 0.1) is 5.92 Å². The van der Waals surface area contributed by atoms with Crippen molar-refractivity contribution in [3.63, 3.8) is 0 Å². The Morgan fingerprint density at radius 2 is 1.93 bits per heavy atom. The van der Waals surface area contributed by atoms with Gasteiger partial charge in [-0.1, -0.05) is 13.8 Å². The monoisotopic (exact) mass is 227 g/mol. The topological polar surface area (TPSA) is 49.3 Å². The Bertz CT molecular complexity index is 204. The highest BCUT2D eigenvalue weighted by Gasteiger charge is 2.27. The maximum Gasteiger partial charge on any atom is 0.389 e. The summed E-state index contributed by atoms with van der Waals surface area (Å²) in [5, 5.41) is 11.5. The van der Waals surface area contributed by atoms with Gasteiger partial charge in [0.15, 0.2) is 0 Å². The van der Waals surface area contributed by atoms with E-state index in [0.29, 0.717) is 0 Å². The molecule has 0 bridgehead atoms. The van der Waals surface area contributed by atoms with Crippen LogP contribution in [0.15, 0.2) is 0 Å². The zero-order valence-corrected chi connectivity index (χ0v) is 8.77. The summed E-state index contributed by atoms with van der Waals surface area (Å²) in [6, 6.07) is 0. The normalized spacial score (nSPS) is 14.1. The quantitative estimate of drug-likeness (QED) is 0.747. The second-order valence-electron chi connectivity index (χ2n) is 3.73. The minimum Gasteiger partial charge on any atom is -0.391 e. The molecule has 0 aromatic carbocycles. The summed E-state index contributed by atoms with van der Waals surface area (Å²) in [5.41, 5.74) is 0. The first-order chi connectivity index (χ1) is 6.72. The van der Waals surface area contributed by atoms with Crippen LogP contribution >= 0.6 is 0 Å². The van der Waals surface area contributed by atoms with Gasteiger partial charge in [0.1, 0.15) is 0 Å². The molecule has 0 radical (unpaired) electrons. The second-order valence-corrected chi connectivity index (χ2v) is 3.73. The van der Waals surface area contributed by atoms with Crippen molar-refractivity contribution >= 4 is 5.91 Å². The van der Waals surface area contributed by atoms with E-state index in [4.69, 9.17) is 0 Å². The Balaban J connectivity index is 3.67. The molecule has 2 N–H and O–H groups in total. The SMILES string of the molecule is CC(C)[C@H](O)CNC(=O)CCC(F)(F)F. The van der Waals surface area contributed by atoms with E-state index in [2.05, 4.69) is 5.32 Å². The van der Waals surface area contributed by atoms with E-state index in [9.17, 15) is 23.1 Å². The van der Waals surface area contributed by atoms with Crippen molar-refractivity contribution in [1.29, 1.82) is 0 Å². The van der Waals surface area contributed by atoms with Crippen molar-refractivity contribution in [2.45, 2.75) is 39.0 Å². The Morgan fingerprint density at radius 1 is 1.40 bits per heavy atom. The highest BCUT2D eigenvalue weighted by atomic mass is 19.4. The number of amides is 1. The molecule has 90 valence electrons. The van der Waals surface area contributed by atoms with Gasteiger partial charge in [-0.05, 0) is 5.92 Å². The molecule has 0 saturated carbocycles. The molecule has 6 heteroatoms. The fourth-order valence-corrected chi connectivity index (χ4v) is 0.798. The van der Waals surface area contributed by atoms with Gasteiger partial charge in [0.25, 0.3) is 0 Å². The summed E-state index contributed by atoms with van der Waals surface area (Å²) >= 11 is 0. The molecule has 0 rings (SSSR count). The fraction of sp³-hybridized carbons (Fsp3) is 0.889. The average Bonchev–Trinajstić information content (AvgIpc) is 2.09. The van der Waals surface area contributed by atoms with E-state index in [1.165, 1.54) is 0 Å². The second kappa shape index (κ2) is 5.95. The van der Waals surface area contributed by atoms with Gasteiger partial charge in [0.2, 0.25) is 5.91 Å². The smallest absolute Gasteiger partial charge is 0.389 e. The number of aliphatic hydroxyl groups excluding tert-OH is 1. The van der Waals surface area contributed by atoms with Gasteiger partial charge in [-0.15, -0.1) is 0 Å². The third-order valence-electron chi connectivity index (χ3n) is 1.91. The van der Waals surface area contributed by atoms with Gasteiger partial charge in [-0.3, -0.25) is 4.79 Å². The van der Waals surface area contributed by atoms with Gasteiger partial charge >= 0.3 is 6.18 Å². The van der Waals surface area contributed by atoms with Crippen LogP contribution in [0.4, 0.5) is 13.2 Å². The summed E-state index contributed by atoms with van der Waals surface area (Å²) in [6.45, 7) is 3.51. The summed E-state index contributed by atoms with van der Waals surface area (Å²) < 4.78 is 35.1. The summed E-state index contributed by atoms with van der Waals surface area (Å²) in [6.07, 6.45) is -6.75. The third-order valence-corrected chi connectivity index (χ3v) is 1.91. The van der Waals surface area contributed by atoms with Crippen molar-refractivity contribution in [3.8, 4) is 0 Å². The number of rotatable bonds is 5. The Kier molecular flexibility index (Phi) is 5.64. The Morgan fingerprint density at radius 3 is 2.33 bits per heavy atom. The molecule has 0 aromatic rings. The largest absolute Gasteiger partial charge is 0.391 e. The maximum absolute atomic E-state index is 11.7. The molecule has 0 fully saturated rings. The first kappa shape index (κ1) is 14.2. The number of carbonyl (C=O) groups excluding carboxylic acids is 1. The summed E-state index contributed by atoms with van der Waals surface area (Å²) in [7, 11) is 0. The highest BCUT2D eigenvalue weighted by Crippen LogP contribution is 2.20. The first-order valence-electron chi connectivity index (χ1n) is 4.74. The predicted octanol–water partition coefficient (Wildman–Crippen LogP) is 1.46. The molecule has 0 aliphatic rings. The lowest BCUT2D eigenvalue weighted by Gasteiger charge is -2.15. The predicted molar refractivity (Wildman–Crippen MR) is 49.1 cm³/mol. The molecule has 0 unspecified atom stereocenters. The molecule has 1 atom stereocenters. The lowest BCUT2D eigenvalue weighted by molar-refractivity contribution is -0.144. The molecule has 3 nitrogen and oxygen atoms in total. The number of nitrogens with one attached hydrogen (secondary N) is 1. The van der Waals surface area contributed by atoms with Crippen molar-refractivity contribution in [1.82, 2.24) is 5.32 Å². The number of hydrogen-bond acceptors (Lipinski definition) is 2. The first-order valence-corrected chi connectivity index (χ1v) is 4.74. The van der Waals surface area contributed by atoms with E-state index in [1.54, 1.807) is 13.8 Å². The van der Waals surface area contributed by atoms with Gasteiger partial charge in [-0.2, -0.15) is 13.2 Å². The van der Waals surface area contributed by atoms with Crippen LogP contribution < -0.4 is 5.32 Å². The third kappa shape index (κ3) is 8.23. The number of alkyl halides is 3. The molecule has 1 amide bonds. The molecule has 0 aliphatic heterocycles. The highest BCUT2D eigenvalue weighted by molar-refractivity contribution is 5.75. The van der Waals surface area contributed by atoms with E-state index in [1.807, 2.05) is 0 Å². The van der Waals surface area contributed by atoms with Crippen molar-refractivity contribution in [2.24, 2.45) is 5.92 Å². The van der Waals surface area contributed by atoms with Crippen molar-refractivity contribution in [2.75, 3.05) is 6.54 Å². The van der Waals surface area contributed by atoms with E-state index in [-0.39, 0.29) is 12.5 Å². The molecule has 15 heavy (non-hydrogen) atoms. The zero-order valence-electron chi connectivity index (χ0n) is 8.77. The zero-order chi connectivity index (χ0) is 12.1. The minimum absolute atomic E-state index is 0.00560. The molecule has 0 aliphatic carbocycles. The minimum atomic E-state index is -4.31. The van der Waals surface area contributed by atoms with Crippen LogP contribution in [-0.2, 0) is 4.79 Å². The van der Waals surface area contributed by atoms with Crippen LogP contribution in [0.5, 0.6) is 0 Å². The molecular weight excluding hydrogens is 211 g/mol. The van der Waals surface area contributed by atoms with Gasteiger partial charge in [-0.25, -0.2) is 0 Å². The summed E-state index contributed by atoms with van der Waals surface area (Å²) in [5.74, 6) is -0.722. The van der Waals surface area contributed by atoms with Crippen LogP contribution in [0.1, 0.15) is 26.7 Å². The molecule has 0 aromatic heterocycles.